The third-order valence-corrected chi connectivity index (χ3v) is 7.63. The van der Waals surface area contributed by atoms with E-state index in [2.05, 4.69) is 0 Å². The molecule has 3 rings (SSSR count). The van der Waals surface area contributed by atoms with Crippen LogP contribution in [0.2, 0.25) is 0 Å². The molecule has 1 aliphatic heterocycles. The molecule has 1 aliphatic rings. The van der Waals surface area contributed by atoms with E-state index in [1.807, 2.05) is 60.7 Å². The Balaban J connectivity index is 1.32. The number of hydrogen-bond acceptors (Lipinski definition) is 9. The maximum atomic E-state index is 13.0. The van der Waals surface area contributed by atoms with E-state index in [1.165, 1.54) is 0 Å². The van der Waals surface area contributed by atoms with Gasteiger partial charge >= 0.3 is 11.9 Å². The van der Waals surface area contributed by atoms with Gasteiger partial charge in [-0.25, -0.2) is 0 Å². The Bertz CT molecular complexity index is 1090. The summed E-state index contributed by atoms with van der Waals surface area (Å²) in [6.45, 7) is 4.39. The fourth-order valence-corrected chi connectivity index (χ4v) is 4.87. The maximum absolute atomic E-state index is 13.0. The van der Waals surface area contributed by atoms with E-state index in [-0.39, 0.29) is 49.8 Å². The average Bonchev–Trinajstić information content (AvgIpc) is 3.10. The second kappa shape index (κ2) is 23.5. The lowest BCUT2D eigenvalue weighted by atomic mass is 10.1. The summed E-state index contributed by atoms with van der Waals surface area (Å²) in [7, 11) is 0. The first-order chi connectivity index (χ1) is 23.0. The highest BCUT2D eigenvalue weighted by Crippen LogP contribution is 2.09. The minimum absolute atomic E-state index is 0.0174. The quantitative estimate of drug-likeness (QED) is 0.217. The van der Waals surface area contributed by atoms with Crippen LogP contribution in [0.15, 0.2) is 60.7 Å². The van der Waals surface area contributed by atoms with E-state index in [1.54, 1.807) is 9.80 Å². The fraction of sp³-hybridized carbons (Fsp3) is 0.556. The van der Waals surface area contributed by atoms with Crippen LogP contribution in [0.4, 0.5) is 0 Å². The topological polar surface area (TPSA) is 121 Å². The van der Waals surface area contributed by atoms with Crippen molar-refractivity contribution in [2.24, 2.45) is 0 Å². The summed E-state index contributed by atoms with van der Waals surface area (Å²) in [5, 5.41) is 0. The maximum Gasteiger partial charge on any atom is 0.306 e. The number of unbranched alkanes of at least 4 members (excludes halogenated alkanes) is 2. The molecule has 0 spiro atoms. The van der Waals surface area contributed by atoms with Crippen LogP contribution in [0, 0.1) is 0 Å². The van der Waals surface area contributed by atoms with Crippen LogP contribution in [0.3, 0.4) is 0 Å². The van der Waals surface area contributed by atoms with Crippen molar-refractivity contribution in [2.75, 3.05) is 65.8 Å². The SMILES string of the molecule is O=C(CCCCC(=O)N1CCOCCOCCN(C(=O)CCCCC(=O)OCc2ccccc2)CCOCC1)OCc1ccccc1. The third kappa shape index (κ3) is 17.1. The van der Waals surface area contributed by atoms with Gasteiger partial charge in [-0.15, -0.1) is 0 Å². The Labute approximate surface area is 278 Å². The van der Waals surface area contributed by atoms with Crippen LogP contribution >= 0.6 is 0 Å². The molecule has 11 nitrogen and oxygen atoms in total. The zero-order valence-corrected chi connectivity index (χ0v) is 27.5. The molecule has 0 unspecified atom stereocenters. The third-order valence-electron chi connectivity index (χ3n) is 7.63. The Morgan fingerprint density at radius 2 is 0.830 bits per heavy atom. The number of nitrogens with zero attached hydrogens (tertiary/aromatic N) is 2. The summed E-state index contributed by atoms with van der Waals surface area (Å²) in [4.78, 5) is 53.5. The molecule has 258 valence electrons. The van der Waals surface area contributed by atoms with E-state index in [0.29, 0.717) is 104 Å². The van der Waals surface area contributed by atoms with E-state index in [9.17, 15) is 19.2 Å². The second-order valence-corrected chi connectivity index (χ2v) is 11.3. The van der Waals surface area contributed by atoms with Crippen LogP contribution < -0.4 is 0 Å². The largest absolute Gasteiger partial charge is 0.461 e. The molecule has 0 saturated carbocycles. The number of carbonyl (C=O) groups is 4. The standard InChI is InChI=1S/C36H50N2O9/c39-33(15-7-9-17-35(41)46-29-31-11-3-1-4-12-31)37-19-23-43-24-20-38(22-26-45-28-27-44-25-21-37)34(40)16-8-10-18-36(42)47-30-32-13-5-2-6-14-32/h1-6,11-14H,7-10,15-30H2. The van der Waals surface area contributed by atoms with Crippen molar-refractivity contribution in [3.05, 3.63) is 71.8 Å². The lowest BCUT2D eigenvalue weighted by molar-refractivity contribution is -0.146. The van der Waals surface area contributed by atoms with Gasteiger partial charge in [0.1, 0.15) is 13.2 Å². The minimum Gasteiger partial charge on any atom is -0.461 e. The summed E-state index contributed by atoms with van der Waals surface area (Å²) in [5.41, 5.74) is 1.88. The molecule has 2 aromatic carbocycles. The molecule has 2 aromatic rings. The molecule has 0 bridgehead atoms. The Morgan fingerprint density at radius 1 is 0.489 bits per heavy atom. The number of esters is 2. The van der Waals surface area contributed by atoms with Crippen molar-refractivity contribution in [2.45, 2.75) is 64.6 Å². The van der Waals surface area contributed by atoms with Gasteiger partial charge in [-0.05, 0) is 36.8 Å². The average molecular weight is 655 g/mol. The van der Waals surface area contributed by atoms with E-state index in [4.69, 9.17) is 23.7 Å². The predicted octanol–water partition coefficient (Wildman–Crippen LogP) is 4.31. The first-order valence-corrected chi connectivity index (χ1v) is 16.7. The van der Waals surface area contributed by atoms with E-state index in [0.717, 1.165) is 11.1 Å². The van der Waals surface area contributed by atoms with Crippen molar-refractivity contribution >= 4 is 23.8 Å². The van der Waals surface area contributed by atoms with E-state index < -0.39 is 0 Å². The predicted molar refractivity (Wildman–Crippen MR) is 175 cm³/mol. The smallest absolute Gasteiger partial charge is 0.306 e. The normalized spacial score (nSPS) is 15.2. The van der Waals surface area contributed by atoms with Crippen molar-refractivity contribution in [3.8, 4) is 0 Å². The fourth-order valence-electron chi connectivity index (χ4n) is 4.87. The molecule has 0 radical (unpaired) electrons. The first-order valence-electron chi connectivity index (χ1n) is 16.7. The van der Waals surface area contributed by atoms with Crippen molar-refractivity contribution in [1.29, 1.82) is 0 Å². The molecule has 1 saturated heterocycles. The zero-order valence-electron chi connectivity index (χ0n) is 27.5. The van der Waals surface area contributed by atoms with Gasteiger partial charge in [0.2, 0.25) is 11.8 Å². The molecule has 0 aliphatic carbocycles. The van der Waals surface area contributed by atoms with Crippen molar-refractivity contribution < 1.29 is 42.9 Å². The minimum atomic E-state index is -0.272. The zero-order chi connectivity index (χ0) is 33.4. The highest BCUT2D eigenvalue weighted by atomic mass is 16.5. The summed E-state index contributed by atoms with van der Waals surface area (Å²) in [5.74, 6) is -0.579. The molecule has 0 aromatic heterocycles. The van der Waals surface area contributed by atoms with Gasteiger partial charge in [0.05, 0.1) is 39.6 Å². The molecule has 47 heavy (non-hydrogen) atoms. The molecule has 11 heteroatoms. The van der Waals surface area contributed by atoms with Gasteiger partial charge in [0.15, 0.2) is 0 Å². The van der Waals surface area contributed by atoms with Gasteiger partial charge in [-0.2, -0.15) is 0 Å². The lowest BCUT2D eigenvalue weighted by Crippen LogP contribution is -2.38. The summed E-state index contributed by atoms with van der Waals surface area (Å²) < 4.78 is 27.8. The Kier molecular flexibility index (Phi) is 18.8. The number of hydrogen-bond donors (Lipinski definition) is 0. The number of amides is 2. The van der Waals surface area contributed by atoms with Gasteiger partial charge in [0, 0.05) is 51.9 Å². The Hall–Kier alpha value is -3.80. The lowest BCUT2D eigenvalue weighted by Gasteiger charge is -2.24. The van der Waals surface area contributed by atoms with Gasteiger partial charge in [-0.3, -0.25) is 19.2 Å². The highest BCUT2D eigenvalue weighted by Gasteiger charge is 2.16. The number of carbonyl (C=O) groups excluding carboxylic acids is 4. The summed E-state index contributed by atoms with van der Waals surface area (Å²) in [6, 6.07) is 19.0. The van der Waals surface area contributed by atoms with Gasteiger partial charge in [-0.1, -0.05) is 60.7 Å². The number of rotatable bonds is 14. The molecule has 2 amide bonds. The molecule has 1 fully saturated rings. The van der Waals surface area contributed by atoms with Crippen LogP contribution in [-0.2, 0) is 56.1 Å². The molecular weight excluding hydrogens is 604 g/mol. The second-order valence-electron chi connectivity index (χ2n) is 11.3. The van der Waals surface area contributed by atoms with Crippen LogP contribution in [0.1, 0.15) is 62.5 Å². The molecule has 0 N–H and O–H groups in total. The molecule has 0 atom stereocenters. The number of benzene rings is 2. The Morgan fingerprint density at radius 3 is 1.21 bits per heavy atom. The van der Waals surface area contributed by atoms with Crippen LogP contribution in [0.25, 0.3) is 0 Å². The van der Waals surface area contributed by atoms with E-state index >= 15 is 0 Å². The first kappa shape index (κ1) is 37.7. The molecular formula is C36H50N2O9. The summed E-state index contributed by atoms with van der Waals surface area (Å²) >= 11 is 0. The summed E-state index contributed by atoms with van der Waals surface area (Å²) in [6.07, 6.45) is 3.48. The molecule has 1 heterocycles. The van der Waals surface area contributed by atoms with Crippen molar-refractivity contribution in [1.82, 2.24) is 9.80 Å². The highest BCUT2D eigenvalue weighted by molar-refractivity contribution is 5.77. The monoisotopic (exact) mass is 654 g/mol. The van der Waals surface area contributed by atoms with Gasteiger partial charge in [0.25, 0.3) is 0 Å². The number of ether oxygens (including phenoxy) is 5. The van der Waals surface area contributed by atoms with Crippen LogP contribution in [0.5, 0.6) is 0 Å². The van der Waals surface area contributed by atoms with Gasteiger partial charge < -0.3 is 33.5 Å². The van der Waals surface area contributed by atoms with Crippen molar-refractivity contribution in [3.63, 3.8) is 0 Å². The van der Waals surface area contributed by atoms with Crippen LogP contribution in [-0.4, -0.2) is 99.4 Å².